The van der Waals surface area contributed by atoms with Crippen molar-refractivity contribution in [3.8, 4) is 0 Å². The van der Waals surface area contributed by atoms with Crippen LogP contribution in [-0.2, 0) is 0 Å². The van der Waals surface area contributed by atoms with Crippen molar-refractivity contribution in [2.75, 3.05) is 0 Å². The van der Waals surface area contributed by atoms with E-state index in [2.05, 4.69) is 42.5 Å². The SMILES string of the molecule is Fc1ccc2c(c1)c1cc(F)ccc1c1c2ccc2ccc3ccc4cccnc4c3c21. The third kappa shape index (κ3) is 2.28. The van der Waals surface area contributed by atoms with Crippen molar-refractivity contribution < 1.29 is 8.78 Å². The minimum atomic E-state index is -0.334. The molecule has 3 heteroatoms. The van der Waals surface area contributed by atoms with Crippen LogP contribution in [0, 0.1) is 11.6 Å². The summed E-state index contributed by atoms with van der Waals surface area (Å²) >= 11 is 0. The van der Waals surface area contributed by atoms with Crippen LogP contribution in [0.1, 0.15) is 0 Å². The van der Waals surface area contributed by atoms with Crippen LogP contribution >= 0.6 is 0 Å². The van der Waals surface area contributed by atoms with Gasteiger partial charge in [0.15, 0.2) is 0 Å². The first-order chi connectivity index (χ1) is 15.7. The Morgan fingerprint density at radius 1 is 0.469 bits per heavy atom. The quantitative estimate of drug-likeness (QED) is 0.227. The normalized spacial score (nSPS) is 12.1. The highest BCUT2D eigenvalue weighted by atomic mass is 19.1. The molecule has 0 radical (unpaired) electrons. The van der Waals surface area contributed by atoms with E-state index in [1.807, 2.05) is 18.3 Å². The van der Waals surface area contributed by atoms with Gasteiger partial charge < -0.3 is 0 Å². The Morgan fingerprint density at radius 3 is 1.81 bits per heavy atom. The second-order valence-corrected chi connectivity index (χ2v) is 8.27. The van der Waals surface area contributed by atoms with E-state index in [0.29, 0.717) is 5.39 Å². The van der Waals surface area contributed by atoms with E-state index in [9.17, 15) is 8.78 Å². The number of benzene rings is 6. The van der Waals surface area contributed by atoms with Crippen molar-refractivity contribution in [1.29, 1.82) is 0 Å². The fraction of sp³-hybridized carbons (Fsp3) is 0. The summed E-state index contributed by atoms with van der Waals surface area (Å²) in [5, 5.41) is 10.7. The monoisotopic (exact) mass is 415 g/mol. The molecule has 1 aromatic heterocycles. The molecule has 0 atom stereocenters. The zero-order valence-corrected chi connectivity index (χ0v) is 16.9. The second kappa shape index (κ2) is 6.21. The summed E-state index contributed by atoms with van der Waals surface area (Å²) in [7, 11) is 0. The van der Waals surface area contributed by atoms with Gasteiger partial charge in [-0.05, 0) is 73.4 Å². The fourth-order valence-electron chi connectivity index (χ4n) is 5.20. The maximum atomic E-state index is 14.3. The van der Waals surface area contributed by atoms with Gasteiger partial charge in [0.05, 0.1) is 5.52 Å². The van der Waals surface area contributed by atoms with Crippen LogP contribution in [0.4, 0.5) is 8.78 Å². The van der Waals surface area contributed by atoms with Gasteiger partial charge in [-0.2, -0.15) is 0 Å². The Bertz CT molecular complexity index is 1900. The molecule has 0 amide bonds. The van der Waals surface area contributed by atoms with Gasteiger partial charge in [0, 0.05) is 22.4 Å². The van der Waals surface area contributed by atoms with Gasteiger partial charge in [0.25, 0.3) is 0 Å². The van der Waals surface area contributed by atoms with E-state index in [1.54, 1.807) is 6.07 Å². The van der Waals surface area contributed by atoms with Crippen molar-refractivity contribution in [3.05, 3.63) is 103 Å². The molecule has 0 aliphatic rings. The first-order valence-electron chi connectivity index (χ1n) is 10.5. The molecule has 1 heterocycles. The van der Waals surface area contributed by atoms with E-state index in [-0.39, 0.29) is 11.6 Å². The van der Waals surface area contributed by atoms with Crippen LogP contribution in [0.25, 0.3) is 64.8 Å². The standard InChI is InChI=1S/C29H15F2N/c30-19-8-11-21-22-10-7-16-3-4-17-5-6-18-2-1-13-32-29(18)27(17)26(16)28(22)23-12-9-20(31)15-25(23)24(21)14-19/h1-15H. The number of hydrogen-bond acceptors (Lipinski definition) is 1. The topological polar surface area (TPSA) is 12.9 Å². The minimum Gasteiger partial charge on any atom is -0.256 e. The molecule has 0 saturated heterocycles. The Kier molecular flexibility index (Phi) is 3.41. The molecule has 0 fully saturated rings. The molecule has 6 aromatic carbocycles. The largest absolute Gasteiger partial charge is 0.256 e. The molecule has 32 heavy (non-hydrogen) atoms. The number of rotatable bonds is 0. The molecular weight excluding hydrogens is 400 g/mol. The van der Waals surface area contributed by atoms with E-state index < -0.39 is 0 Å². The van der Waals surface area contributed by atoms with Crippen LogP contribution in [0.2, 0.25) is 0 Å². The number of halogens is 2. The lowest BCUT2D eigenvalue weighted by molar-refractivity contribution is 0.628. The van der Waals surface area contributed by atoms with Gasteiger partial charge in [0.2, 0.25) is 0 Å². The minimum absolute atomic E-state index is 0.330. The zero-order valence-electron chi connectivity index (χ0n) is 16.9. The van der Waals surface area contributed by atoms with Gasteiger partial charge in [0.1, 0.15) is 11.6 Å². The predicted octanol–water partition coefficient (Wildman–Crippen LogP) is 8.28. The highest BCUT2D eigenvalue weighted by molar-refractivity contribution is 6.36. The van der Waals surface area contributed by atoms with Gasteiger partial charge in [-0.1, -0.05) is 54.6 Å². The molecule has 0 N–H and O–H groups in total. The van der Waals surface area contributed by atoms with Crippen LogP contribution in [0.15, 0.2) is 91.1 Å². The highest BCUT2D eigenvalue weighted by Crippen LogP contribution is 2.42. The number of fused-ring (bicyclic) bond motifs is 12. The van der Waals surface area contributed by atoms with Gasteiger partial charge in [-0.25, -0.2) is 8.78 Å². The van der Waals surface area contributed by atoms with Crippen LogP contribution < -0.4 is 0 Å². The predicted molar refractivity (Wildman–Crippen MR) is 129 cm³/mol. The lowest BCUT2D eigenvalue weighted by Crippen LogP contribution is -1.89. The highest BCUT2D eigenvalue weighted by Gasteiger charge is 2.16. The Balaban J connectivity index is 1.89. The van der Waals surface area contributed by atoms with Crippen molar-refractivity contribution in [1.82, 2.24) is 4.98 Å². The average molecular weight is 415 g/mol. The van der Waals surface area contributed by atoms with Crippen LogP contribution in [0.5, 0.6) is 0 Å². The number of aromatic nitrogens is 1. The average Bonchev–Trinajstić information content (AvgIpc) is 2.83. The summed E-state index contributed by atoms with van der Waals surface area (Å²) in [6.07, 6.45) is 1.82. The molecular formula is C29H15F2N. The maximum absolute atomic E-state index is 14.3. The lowest BCUT2D eigenvalue weighted by Gasteiger charge is -2.15. The van der Waals surface area contributed by atoms with Crippen molar-refractivity contribution in [3.63, 3.8) is 0 Å². The van der Waals surface area contributed by atoms with E-state index in [0.717, 1.165) is 59.4 Å². The van der Waals surface area contributed by atoms with Crippen LogP contribution in [0.3, 0.4) is 0 Å². The second-order valence-electron chi connectivity index (χ2n) is 8.27. The first-order valence-corrected chi connectivity index (χ1v) is 10.5. The summed E-state index contributed by atoms with van der Waals surface area (Å²) < 4.78 is 28.5. The van der Waals surface area contributed by atoms with Crippen LogP contribution in [-0.4, -0.2) is 4.98 Å². The summed E-state index contributed by atoms with van der Waals surface area (Å²) in [4.78, 5) is 4.72. The third-order valence-corrected chi connectivity index (χ3v) is 6.55. The fourth-order valence-corrected chi connectivity index (χ4v) is 5.20. The molecule has 0 bridgehead atoms. The molecule has 0 unspecified atom stereocenters. The smallest absolute Gasteiger partial charge is 0.123 e. The van der Waals surface area contributed by atoms with Crippen molar-refractivity contribution in [2.24, 2.45) is 0 Å². The molecule has 0 aliphatic heterocycles. The third-order valence-electron chi connectivity index (χ3n) is 6.55. The zero-order chi connectivity index (χ0) is 21.4. The Labute approximate surface area is 181 Å². The molecule has 0 spiro atoms. The molecule has 7 rings (SSSR count). The maximum Gasteiger partial charge on any atom is 0.123 e. The molecule has 0 saturated carbocycles. The van der Waals surface area contributed by atoms with Gasteiger partial charge >= 0.3 is 0 Å². The molecule has 0 aliphatic carbocycles. The van der Waals surface area contributed by atoms with Crippen molar-refractivity contribution >= 4 is 64.8 Å². The summed E-state index contributed by atoms with van der Waals surface area (Å²) in [5.74, 6) is -0.663. The Hall–Kier alpha value is -4.11. The van der Waals surface area contributed by atoms with Crippen molar-refractivity contribution in [2.45, 2.75) is 0 Å². The lowest BCUT2D eigenvalue weighted by atomic mass is 9.88. The summed E-state index contributed by atoms with van der Waals surface area (Å²) in [6, 6.07) is 26.2. The van der Waals surface area contributed by atoms with Gasteiger partial charge in [-0.3, -0.25) is 4.98 Å². The van der Waals surface area contributed by atoms with E-state index in [1.165, 1.54) is 24.3 Å². The summed E-state index contributed by atoms with van der Waals surface area (Å²) in [5.41, 5.74) is 0.942. The number of pyridine rings is 1. The Morgan fingerprint density at radius 2 is 1.03 bits per heavy atom. The molecule has 1 nitrogen and oxygen atoms in total. The summed E-state index contributed by atoms with van der Waals surface area (Å²) in [6.45, 7) is 0. The number of nitrogens with zero attached hydrogens (tertiary/aromatic N) is 1. The van der Waals surface area contributed by atoms with Gasteiger partial charge in [-0.15, -0.1) is 0 Å². The number of hydrogen-bond donors (Lipinski definition) is 0. The van der Waals surface area contributed by atoms with E-state index in [4.69, 9.17) is 4.98 Å². The van der Waals surface area contributed by atoms with E-state index >= 15 is 0 Å². The molecule has 7 aromatic rings. The first kappa shape index (κ1) is 17.6. The molecule has 150 valence electrons.